The van der Waals surface area contributed by atoms with Gasteiger partial charge in [-0.3, -0.25) is 4.55 Å². The van der Waals surface area contributed by atoms with Crippen LogP contribution in [0.1, 0.15) is 58.6 Å². The lowest BCUT2D eigenvalue weighted by molar-refractivity contribution is -0.221. The SMILES string of the molecule is CC(C)c1ccc([S+](c2ccc(OC(C)C(F)(F)S(=O)(=O)O)cc2)c2ccc(C3(C)COC(C)(C)CO3)cc2)cc1. The number of alkyl halides is 2. The highest BCUT2D eigenvalue weighted by Gasteiger charge is 2.51. The number of hydrogen-bond acceptors (Lipinski definition) is 5. The molecule has 6 nitrogen and oxygen atoms in total. The van der Waals surface area contributed by atoms with Gasteiger partial charge in [0.15, 0.2) is 20.8 Å². The highest BCUT2D eigenvalue weighted by molar-refractivity contribution is 7.97. The van der Waals surface area contributed by atoms with E-state index in [2.05, 4.69) is 62.4 Å². The van der Waals surface area contributed by atoms with E-state index in [0.29, 0.717) is 19.1 Å². The summed E-state index contributed by atoms with van der Waals surface area (Å²) in [6.07, 6.45) is -2.09. The van der Waals surface area contributed by atoms with Crippen LogP contribution in [0.5, 0.6) is 5.75 Å². The van der Waals surface area contributed by atoms with Gasteiger partial charge in [0.2, 0.25) is 0 Å². The molecule has 1 N–H and O–H groups in total. The van der Waals surface area contributed by atoms with Crippen molar-refractivity contribution in [3.05, 3.63) is 83.9 Å². The minimum atomic E-state index is -5.62. The fourth-order valence-electron chi connectivity index (χ4n) is 4.39. The molecular weight excluding hydrogens is 570 g/mol. The van der Waals surface area contributed by atoms with E-state index < -0.39 is 38.0 Å². The summed E-state index contributed by atoms with van der Waals surface area (Å²) in [6, 6.07) is 23.3. The predicted octanol–water partition coefficient (Wildman–Crippen LogP) is 7.19. The molecule has 1 heterocycles. The quantitative estimate of drug-likeness (QED) is 0.205. The van der Waals surface area contributed by atoms with Crippen molar-refractivity contribution in [3.63, 3.8) is 0 Å². The Bertz CT molecular complexity index is 1430. The van der Waals surface area contributed by atoms with Crippen molar-refractivity contribution in [2.45, 2.75) is 84.7 Å². The van der Waals surface area contributed by atoms with E-state index >= 15 is 0 Å². The highest BCUT2D eigenvalue weighted by Crippen LogP contribution is 2.37. The van der Waals surface area contributed by atoms with Crippen molar-refractivity contribution in [2.24, 2.45) is 0 Å². The Hall–Kier alpha value is -2.50. The highest BCUT2D eigenvalue weighted by atomic mass is 32.2. The molecule has 3 atom stereocenters. The molecular formula is C31H37F2O6S2+. The van der Waals surface area contributed by atoms with Crippen LogP contribution in [0.15, 0.2) is 87.5 Å². The molecule has 4 rings (SSSR count). The van der Waals surface area contributed by atoms with Gasteiger partial charge in [0, 0.05) is 0 Å². The molecule has 0 radical (unpaired) electrons. The van der Waals surface area contributed by atoms with Gasteiger partial charge in [0.25, 0.3) is 0 Å². The van der Waals surface area contributed by atoms with Crippen LogP contribution in [-0.4, -0.2) is 43.1 Å². The molecule has 3 aromatic rings. The normalized spacial score (nSPS) is 20.9. The summed E-state index contributed by atoms with van der Waals surface area (Å²) < 4.78 is 76.5. The number of halogens is 2. The molecule has 0 aliphatic carbocycles. The maximum absolute atomic E-state index is 14.0. The van der Waals surface area contributed by atoms with Crippen LogP contribution >= 0.6 is 0 Å². The van der Waals surface area contributed by atoms with E-state index in [1.807, 2.05) is 20.8 Å². The fourth-order valence-corrected chi connectivity index (χ4v) is 6.90. The van der Waals surface area contributed by atoms with E-state index in [9.17, 15) is 17.2 Å². The first-order chi connectivity index (χ1) is 19.0. The van der Waals surface area contributed by atoms with Gasteiger partial charge < -0.3 is 14.2 Å². The summed E-state index contributed by atoms with van der Waals surface area (Å²) in [6.45, 7) is 12.1. The van der Waals surface area contributed by atoms with Gasteiger partial charge in [-0.1, -0.05) is 38.1 Å². The number of ether oxygens (including phenoxy) is 3. The zero-order valence-electron chi connectivity index (χ0n) is 24.1. The van der Waals surface area contributed by atoms with Crippen LogP contribution in [0.4, 0.5) is 8.78 Å². The van der Waals surface area contributed by atoms with Crippen molar-refractivity contribution in [3.8, 4) is 5.75 Å². The Morgan fingerprint density at radius 3 is 1.76 bits per heavy atom. The predicted molar refractivity (Wildman–Crippen MR) is 155 cm³/mol. The first-order valence-corrected chi connectivity index (χ1v) is 16.0. The fraction of sp³-hybridized carbons (Fsp3) is 0.419. The molecule has 0 amide bonds. The Labute approximate surface area is 244 Å². The molecule has 1 aliphatic heterocycles. The summed E-state index contributed by atoms with van der Waals surface area (Å²) in [7, 11) is -6.16. The van der Waals surface area contributed by atoms with Gasteiger partial charge in [-0.15, -0.1) is 0 Å². The van der Waals surface area contributed by atoms with E-state index in [1.54, 1.807) is 12.1 Å². The van der Waals surface area contributed by atoms with Crippen molar-refractivity contribution in [1.29, 1.82) is 0 Å². The van der Waals surface area contributed by atoms with Crippen LogP contribution in [0, 0.1) is 0 Å². The molecule has 0 saturated carbocycles. The van der Waals surface area contributed by atoms with Gasteiger partial charge in [-0.05, 0) is 93.3 Å². The van der Waals surface area contributed by atoms with Crippen molar-refractivity contribution in [2.75, 3.05) is 13.2 Å². The summed E-state index contributed by atoms with van der Waals surface area (Å²) >= 11 is 0. The van der Waals surface area contributed by atoms with E-state index in [4.69, 9.17) is 18.8 Å². The smallest absolute Gasteiger partial charge is 0.405 e. The van der Waals surface area contributed by atoms with Crippen LogP contribution in [0.3, 0.4) is 0 Å². The lowest BCUT2D eigenvalue weighted by Crippen LogP contribution is -2.47. The van der Waals surface area contributed by atoms with E-state index in [-0.39, 0.29) is 11.4 Å². The Balaban J connectivity index is 1.65. The second-order valence-corrected chi connectivity index (χ2v) is 14.9. The minimum Gasteiger partial charge on any atom is -0.483 e. The molecule has 0 spiro atoms. The molecule has 222 valence electrons. The van der Waals surface area contributed by atoms with Gasteiger partial charge >= 0.3 is 15.4 Å². The van der Waals surface area contributed by atoms with Crippen LogP contribution in [-0.2, 0) is 36.1 Å². The topological polar surface area (TPSA) is 82.1 Å². The zero-order valence-corrected chi connectivity index (χ0v) is 25.7. The summed E-state index contributed by atoms with van der Waals surface area (Å²) in [5.74, 6) is 0.441. The largest absolute Gasteiger partial charge is 0.483 e. The lowest BCUT2D eigenvalue weighted by atomic mass is 9.94. The molecule has 1 fully saturated rings. The Morgan fingerprint density at radius 1 is 0.829 bits per heavy atom. The first-order valence-electron chi connectivity index (χ1n) is 13.4. The zero-order chi connectivity index (χ0) is 30.2. The standard InChI is InChI=1S/C31H36F2O6S2/c1-21(2)23-7-13-26(14-8-23)40(27-15-9-24(10-16-27)30(6)20-37-29(4,5)19-38-30)28-17-11-25(12-18-28)39-22(3)31(32,33)41(34,35)36/h7-18,21-22H,19-20H2,1-6H3/p+1. The van der Waals surface area contributed by atoms with Gasteiger partial charge in [0.1, 0.15) is 11.4 Å². The number of rotatable bonds is 9. The third kappa shape index (κ3) is 6.94. The summed E-state index contributed by atoms with van der Waals surface area (Å²) in [4.78, 5) is 3.04. The lowest BCUT2D eigenvalue weighted by Gasteiger charge is -2.41. The van der Waals surface area contributed by atoms with Crippen molar-refractivity contribution >= 4 is 21.0 Å². The maximum Gasteiger partial charge on any atom is 0.405 e. The summed E-state index contributed by atoms with van der Waals surface area (Å²) in [5.41, 5.74) is 1.33. The average Bonchev–Trinajstić information content (AvgIpc) is 2.91. The third-order valence-electron chi connectivity index (χ3n) is 7.15. The second-order valence-electron chi connectivity index (χ2n) is 11.4. The second kappa shape index (κ2) is 11.6. The third-order valence-corrected chi connectivity index (χ3v) is 10.4. The number of benzene rings is 3. The molecule has 3 aromatic carbocycles. The molecule has 1 aliphatic rings. The molecule has 10 heteroatoms. The molecule has 0 bridgehead atoms. The van der Waals surface area contributed by atoms with Crippen molar-refractivity contribution in [1.82, 2.24) is 0 Å². The minimum absolute atomic E-state index is 0.0592. The van der Waals surface area contributed by atoms with E-state index in [0.717, 1.165) is 27.2 Å². The molecule has 41 heavy (non-hydrogen) atoms. The maximum atomic E-state index is 14.0. The van der Waals surface area contributed by atoms with Gasteiger partial charge in [-0.2, -0.15) is 17.2 Å². The first kappa shape index (κ1) is 31.4. The van der Waals surface area contributed by atoms with Crippen molar-refractivity contribution < 1.29 is 36.0 Å². The van der Waals surface area contributed by atoms with E-state index in [1.165, 1.54) is 17.7 Å². The van der Waals surface area contributed by atoms with Crippen LogP contribution in [0.2, 0.25) is 0 Å². The molecule has 0 aromatic heterocycles. The van der Waals surface area contributed by atoms with Gasteiger partial charge in [0.05, 0.1) is 29.7 Å². The summed E-state index contributed by atoms with van der Waals surface area (Å²) in [5, 5.41) is -4.45. The van der Waals surface area contributed by atoms with Gasteiger partial charge in [-0.25, -0.2) is 0 Å². The Morgan fingerprint density at radius 2 is 1.32 bits per heavy atom. The molecule has 1 saturated heterocycles. The van der Waals surface area contributed by atoms with Crippen LogP contribution < -0.4 is 4.74 Å². The van der Waals surface area contributed by atoms with Crippen LogP contribution in [0.25, 0.3) is 0 Å². The average molecular weight is 608 g/mol. The number of hydrogen-bond donors (Lipinski definition) is 1. The monoisotopic (exact) mass is 607 g/mol. The molecule has 3 unspecified atom stereocenters. The Kier molecular flexibility index (Phi) is 8.93.